The highest BCUT2D eigenvalue weighted by Crippen LogP contribution is 2.25. The fraction of sp³-hybridized carbons (Fsp3) is 0.417. The lowest BCUT2D eigenvalue weighted by Crippen LogP contribution is -2.51. The lowest BCUT2D eigenvalue weighted by molar-refractivity contribution is 0.0697. The highest BCUT2D eigenvalue weighted by molar-refractivity contribution is 6.30. The number of anilines is 2. The van der Waals surface area contributed by atoms with Crippen LogP contribution in [0.15, 0.2) is 47.5 Å². The lowest BCUT2D eigenvalue weighted by atomic mass is 10.1. The van der Waals surface area contributed by atoms with Gasteiger partial charge in [0, 0.05) is 49.2 Å². The van der Waals surface area contributed by atoms with Crippen molar-refractivity contribution in [3.8, 4) is 0 Å². The van der Waals surface area contributed by atoms with Gasteiger partial charge < -0.3 is 25.0 Å². The fourth-order valence-corrected chi connectivity index (χ4v) is 4.30. The molecule has 0 spiro atoms. The Balaban J connectivity index is 1.48. The maximum Gasteiger partial charge on any atom is 0.335 e. The summed E-state index contributed by atoms with van der Waals surface area (Å²) in [7, 11) is 0. The van der Waals surface area contributed by atoms with Gasteiger partial charge in [0.1, 0.15) is 0 Å². The Morgan fingerprint density at radius 1 is 1.22 bits per heavy atom. The second kappa shape index (κ2) is 10.2. The summed E-state index contributed by atoms with van der Waals surface area (Å²) in [6.07, 6.45) is 2.24. The van der Waals surface area contributed by atoms with E-state index in [-0.39, 0.29) is 11.7 Å². The molecule has 32 heavy (non-hydrogen) atoms. The van der Waals surface area contributed by atoms with Gasteiger partial charge in [-0.05, 0) is 55.7 Å². The summed E-state index contributed by atoms with van der Waals surface area (Å²) in [6.45, 7) is 6.76. The first-order valence-corrected chi connectivity index (χ1v) is 11.4. The standard InChI is InChI=1S/C24H29ClN4O3/c1-17-7-8-19(25)15-22(17)28-9-11-29(12-10-28)24(26-16-21-6-3-13-32-21)27-20-5-2-4-18(14-20)23(30)31/h2,4-5,7-8,14-15,21H,3,6,9-13,16H2,1H3,(H,26,27)(H,30,31). The van der Waals surface area contributed by atoms with Crippen LogP contribution in [0.4, 0.5) is 11.4 Å². The number of hydrogen-bond acceptors (Lipinski definition) is 4. The molecule has 2 aromatic carbocycles. The number of carbonyl (C=O) groups is 1. The Bertz CT molecular complexity index is 983. The van der Waals surface area contributed by atoms with Crippen LogP contribution >= 0.6 is 11.6 Å². The number of nitrogens with zero attached hydrogens (tertiary/aromatic N) is 3. The van der Waals surface area contributed by atoms with Crippen LogP contribution in [0.1, 0.15) is 28.8 Å². The van der Waals surface area contributed by atoms with Crippen molar-refractivity contribution >= 4 is 34.9 Å². The van der Waals surface area contributed by atoms with Crippen molar-refractivity contribution in [2.75, 3.05) is 49.5 Å². The predicted molar refractivity (Wildman–Crippen MR) is 128 cm³/mol. The van der Waals surface area contributed by atoms with Crippen molar-refractivity contribution in [2.24, 2.45) is 4.99 Å². The second-order valence-electron chi connectivity index (χ2n) is 8.22. The number of benzene rings is 2. The topological polar surface area (TPSA) is 77.4 Å². The van der Waals surface area contributed by atoms with E-state index in [0.717, 1.165) is 62.3 Å². The summed E-state index contributed by atoms with van der Waals surface area (Å²) >= 11 is 6.22. The monoisotopic (exact) mass is 456 g/mol. The minimum Gasteiger partial charge on any atom is -0.478 e. The number of aromatic carboxylic acids is 1. The van der Waals surface area contributed by atoms with E-state index < -0.39 is 5.97 Å². The second-order valence-corrected chi connectivity index (χ2v) is 8.65. The maximum absolute atomic E-state index is 11.4. The molecule has 170 valence electrons. The van der Waals surface area contributed by atoms with Crippen LogP contribution in [0.25, 0.3) is 0 Å². The van der Waals surface area contributed by atoms with Crippen LogP contribution < -0.4 is 10.2 Å². The molecular formula is C24H29ClN4O3. The molecule has 2 aromatic rings. The first-order chi connectivity index (χ1) is 15.5. The number of hydrogen-bond donors (Lipinski definition) is 2. The van der Waals surface area contributed by atoms with Gasteiger partial charge in [-0.25, -0.2) is 4.79 Å². The van der Waals surface area contributed by atoms with Gasteiger partial charge in [-0.15, -0.1) is 0 Å². The number of nitrogens with one attached hydrogen (secondary N) is 1. The molecule has 0 aromatic heterocycles. The molecule has 0 bridgehead atoms. The van der Waals surface area contributed by atoms with Gasteiger partial charge in [0.25, 0.3) is 0 Å². The quantitative estimate of drug-likeness (QED) is 0.520. The first kappa shape index (κ1) is 22.4. The molecule has 0 amide bonds. The normalized spacial score (nSPS) is 19.3. The summed E-state index contributed by atoms with van der Waals surface area (Å²) in [4.78, 5) is 20.8. The van der Waals surface area contributed by atoms with Crippen LogP contribution in [0.3, 0.4) is 0 Å². The van der Waals surface area contributed by atoms with Gasteiger partial charge in [-0.3, -0.25) is 4.99 Å². The molecule has 0 radical (unpaired) electrons. The number of ether oxygens (including phenoxy) is 1. The van der Waals surface area contributed by atoms with Crippen LogP contribution in [-0.4, -0.2) is 67.4 Å². The van der Waals surface area contributed by atoms with Crippen molar-refractivity contribution in [1.29, 1.82) is 0 Å². The Morgan fingerprint density at radius 3 is 2.75 bits per heavy atom. The summed E-state index contributed by atoms with van der Waals surface area (Å²) in [5, 5.41) is 13.4. The zero-order valence-electron chi connectivity index (χ0n) is 18.3. The number of carboxylic acid groups (broad SMARTS) is 1. The van der Waals surface area contributed by atoms with Gasteiger partial charge in [0.15, 0.2) is 5.96 Å². The van der Waals surface area contributed by atoms with Crippen molar-refractivity contribution in [3.05, 3.63) is 58.6 Å². The first-order valence-electron chi connectivity index (χ1n) is 11.0. The fourth-order valence-electron chi connectivity index (χ4n) is 4.14. The van der Waals surface area contributed by atoms with Crippen LogP contribution in [-0.2, 0) is 4.74 Å². The smallest absolute Gasteiger partial charge is 0.335 e. The van der Waals surface area contributed by atoms with Crippen molar-refractivity contribution < 1.29 is 14.6 Å². The number of aliphatic imine (C=N–C) groups is 1. The van der Waals surface area contributed by atoms with E-state index in [1.807, 2.05) is 18.2 Å². The zero-order chi connectivity index (χ0) is 22.5. The Kier molecular flexibility index (Phi) is 7.17. The number of piperazine rings is 1. The Hall–Kier alpha value is -2.77. The molecule has 0 aliphatic carbocycles. The summed E-state index contributed by atoms with van der Waals surface area (Å²) in [5.74, 6) is -0.192. The Labute approximate surface area is 193 Å². The molecule has 8 heteroatoms. The third-order valence-electron chi connectivity index (χ3n) is 5.93. The molecule has 1 atom stereocenters. The van der Waals surface area contributed by atoms with Gasteiger partial charge in [-0.2, -0.15) is 0 Å². The molecule has 2 aliphatic heterocycles. The van der Waals surface area contributed by atoms with Gasteiger partial charge in [-0.1, -0.05) is 23.7 Å². The number of halogens is 1. The molecule has 0 saturated carbocycles. The minimum absolute atomic E-state index is 0.146. The largest absolute Gasteiger partial charge is 0.478 e. The number of carboxylic acids is 1. The van der Waals surface area contributed by atoms with Crippen molar-refractivity contribution in [1.82, 2.24) is 4.90 Å². The molecule has 4 rings (SSSR count). The summed E-state index contributed by atoms with van der Waals surface area (Å²) < 4.78 is 5.74. The zero-order valence-corrected chi connectivity index (χ0v) is 19.0. The SMILES string of the molecule is Cc1ccc(Cl)cc1N1CCN(C(=NCC2CCCO2)Nc2cccc(C(=O)O)c2)CC1. The molecular weight excluding hydrogens is 428 g/mol. The molecule has 2 saturated heterocycles. The van der Waals surface area contributed by atoms with E-state index in [4.69, 9.17) is 21.3 Å². The van der Waals surface area contributed by atoms with Crippen LogP contribution in [0.2, 0.25) is 5.02 Å². The van der Waals surface area contributed by atoms with Crippen LogP contribution in [0, 0.1) is 6.92 Å². The summed E-state index contributed by atoms with van der Waals surface area (Å²) in [6, 6.07) is 12.8. The van der Waals surface area contributed by atoms with Gasteiger partial charge in [0.2, 0.25) is 0 Å². The predicted octanol–water partition coefficient (Wildman–Crippen LogP) is 4.12. The van der Waals surface area contributed by atoms with Crippen molar-refractivity contribution in [2.45, 2.75) is 25.9 Å². The average molecular weight is 457 g/mol. The third-order valence-corrected chi connectivity index (χ3v) is 6.16. The van der Waals surface area contributed by atoms with E-state index in [9.17, 15) is 9.90 Å². The van der Waals surface area contributed by atoms with Crippen molar-refractivity contribution in [3.63, 3.8) is 0 Å². The number of rotatable bonds is 5. The number of guanidine groups is 1. The van der Waals surface area contributed by atoms with E-state index in [1.54, 1.807) is 18.2 Å². The molecule has 2 heterocycles. The minimum atomic E-state index is -0.947. The highest BCUT2D eigenvalue weighted by Gasteiger charge is 2.23. The Morgan fingerprint density at radius 2 is 2.03 bits per heavy atom. The van der Waals surface area contributed by atoms with Gasteiger partial charge in [0.05, 0.1) is 18.2 Å². The molecule has 1 unspecified atom stereocenters. The average Bonchev–Trinajstić information content (AvgIpc) is 3.32. The molecule has 2 N–H and O–H groups in total. The van der Waals surface area contributed by atoms with E-state index in [2.05, 4.69) is 28.1 Å². The molecule has 2 fully saturated rings. The van der Waals surface area contributed by atoms with E-state index in [1.165, 1.54) is 5.56 Å². The molecule has 7 nitrogen and oxygen atoms in total. The third kappa shape index (κ3) is 5.53. The maximum atomic E-state index is 11.4. The lowest BCUT2D eigenvalue weighted by Gasteiger charge is -2.38. The number of aryl methyl sites for hydroxylation is 1. The summed E-state index contributed by atoms with van der Waals surface area (Å²) in [5.41, 5.74) is 3.33. The van der Waals surface area contributed by atoms with Crippen LogP contribution in [0.5, 0.6) is 0 Å². The highest BCUT2D eigenvalue weighted by atomic mass is 35.5. The van der Waals surface area contributed by atoms with E-state index in [0.29, 0.717) is 12.2 Å². The van der Waals surface area contributed by atoms with Gasteiger partial charge >= 0.3 is 5.97 Å². The molecule has 2 aliphatic rings. The van der Waals surface area contributed by atoms with E-state index >= 15 is 0 Å².